The standard InChI is InChI=1S/C6H8N2OS.C6H15O2PS2/c1-5-2-3-6(9)8(4-10)7-5;1-5(2)7-9(10,11)8-6(3)4/h2-3,10H,4H2,1H3;5-6H,1-4H3,(H,10,11)/p-1. The summed E-state index contributed by atoms with van der Waals surface area (Å²) in [5, 5.41) is 3.92. The van der Waals surface area contributed by atoms with Gasteiger partial charge in [0.1, 0.15) is 0 Å². The van der Waals surface area contributed by atoms with E-state index in [0.29, 0.717) is 5.88 Å². The Labute approximate surface area is 142 Å². The third-order valence-electron chi connectivity index (χ3n) is 1.81. The average molecular weight is 369 g/mol. The van der Waals surface area contributed by atoms with Gasteiger partial charge in [0.25, 0.3) is 5.56 Å². The van der Waals surface area contributed by atoms with Gasteiger partial charge in [-0.05, 0) is 40.7 Å². The van der Waals surface area contributed by atoms with Gasteiger partial charge in [-0.15, -0.1) is 0 Å². The van der Waals surface area contributed by atoms with Crippen LogP contribution in [0.15, 0.2) is 16.9 Å². The predicted octanol–water partition coefficient (Wildman–Crippen LogP) is 3.05. The molecule has 1 aromatic heterocycles. The highest BCUT2D eigenvalue weighted by Crippen LogP contribution is 2.48. The molecule has 0 saturated heterocycles. The van der Waals surface area contributed by atoms with Gasteiger partial charge in [0, 0.05) is 6.07 Å². The summed E-state index contributed by atoms with van der Waals surface area (Å²) in [5.41, 5.74) is -1.67. The number of hydrogen-bond acceptors (Lipinski definition) is 7. The van der Waals surface area contributed by atoms with Crippen LogP contribution in [0.5, 0.6) is 0 Å². The first-order valence-electron chi connectivity index (χ1n) is 6.41. The molecule has 0 bridgehead atoms. The van der Waals surface area contributed by atoms with Crippen LogP contribution in [0, 0.1) is 6.92 Å². The molecule has 0 aromatic carbocycles. The average Bonchev–Trinajstić information content (AvgIpc) is 2.29. The Kier molecular flexibility index (Phi) is 10.1. The topological polar surface area (TPSA) is 53.4 Å². The van der Waals surface area contributed by atoms with Gasteiger partial charge < -0.3 is 21.3 Å². The van der Waals surface area contributed by atoms with Crippen molar-refractivity contribution < 1.29 is 9.05 Å². The number of nitrogens with zero attached hydrogens (tertiary/aromatic N) is 2. The molecule has 1 rings (SSSR count). The first-order chi connectivity index (χ1) is 9.57. The number of hydrogen-bond donors (Lipinski definition) is 1. The van der Waals surface area contributed by atoms with Crippen LogP contribution in [0.3, 0.4) is 0 Å². The zero-order chi connectivity index (χ0) is 16.6. The highest BCUT2D eigenvalue weighted by Gasteiger charge is 2.06. The van der Waals surface area contributed by atoms with Gasteiger partial charge in [0.2, 0.25) is 0 Å². The van der Waals surface area contributed by atoms with Crippen LogP contribution in [0.25, 0.3) is 0 Å². The molecule has 21 heavy (non-hydrogen) atoms. The van der Waals surface area contributed by atoms with Gasteiger partial charge in [-0.3, -0.25) is 4.79 Å². The van der Waals surface area contributed by atoms with Crippen molar-refractivity contribution in [1.29, 1.82) is 0 Å². The second-order valence-electron chi connectivity index (χ2n) is 4.71. The number of thiol groups is 1. The highest BCUT2D eigenvalue weighted by atomic mass is 32.9. The van der Waals surface area contributed by atoms with Crippen molar-refractivity contribution in [1.82, 2.24) is 9.78 Å². The number of aryl methyl sites for hydroxylation is 1. The summed E-state index contributed by atoms with van der Waals surface area (Å²) < 4.78 is 11.8. The Morgan fingerprint density at radius 1 is 1.33 bits per heavy atom. The normalized spacial score (nSPS) is 11.5. The molecular formula is C12H22N2O3PS3-. The molecule has 0 saturated carbocycles. The smallest absolute Gasteiger partial charge is 0.267 e. The fourth-order valence-electron chi connectivity index (χ4n) is 1.19. The molecular weight excluding hydrogens is 347 g/mol. The van der Waals surface area contributed by atoms with E-state index >= 15 is 0 Å². The van der Waals surface area contributed by atoms with Crippen LogP contribution >= 0.6 is 18.3 Å². The Morgan fingerprint density at radius 2 is 1.81 bits per heavy atom. The van der Waals surface area contributed by atoms with Gasteiger partial charge >= 0.3 is 0 Å². The van der Waals surface area contributed by atoms with Crippen molar-refractivity contribution in [3.05, 3.63) is 28.2 Å². The molecule has 0 fully saturated rings. The molecule has 0 atom stereocenters. The van der Waals surface area contributed by atoms with Gasteiger partial charge in [0.15, 0.2) is 0 Å². The Balaban J connectivity index is 0.000000382. The van der Waals surface area contributed by atoms with E-state index < -0.39 is 5.69 Å². The van der Waals surface area contributed by atoms with E-state index in [-0.39, 0.29) is 17.8 Å². The quantitative estimate of drug-likeness (QED) is 0.489. The molecule has 5 nitrogen and oxygen atoms in total. The summed E-state index contributed by atoms with van der Waals surface area (Å²) in [6, 6.07) is 3.17. The molecule has 9 heteroatoms. The lowest BCUT2D eigenvalue weighted by Crippen LogP contribution is -2.20. The molecule has 1 aromatic rings. The summed E-state index contributed by atoms with van der Waals surface area (Å²) in [4.78, 5) is 10.9. The Morgan fingerprint density at radius 3 is 2.14 bits per heavy atom. The lowest BCUT2D eigenvalue weighted by Gasteiger charge is -2.31. The molecule has 0 N–H and O–H groups in total. The van der Waals surface area contributed by atoms with Crippen molar-refractivity contribution >= 4 is 42.4 Å². The summed E-state index contributed by atoms with van der Waals surface area (Å²) in [6.45, 7) is 9.43. The largest absolute Gasteiger partial charge is 0.691 e. The van der Waals surface area contributed by atoms with E-state index in [0.717, 1.165) is 5.69 Å². The second kappa shape index (κ2) is 10.0. The summed E-state index contributed by atoms with van der Waals surface area (Å²) >= 11 is 13.9. The van der Waals surface area contributed by atoms with Crippen LogP contribution < -0.4 is 5.56 Å². The minimum absolute atomic E-state index is 0.0529. The van der Waals surface area contributed by atoms with Crippen molar-refractivity contribution in [3.63, 3.8) is 0 Å². The maximum atomic E-state index is 10.9. The number of aromatic nitrogens is 2. The summed E-state index contributed by atoms with van der Waals surface area (Å²) in [7, 11) is 0. The molecule has 0 aliphatic rings. The maximum Gasteiger partial charge on any atom is 0.267 e. The summed E-state index contributed by atoms with van der Waals surface area (Å²) in [6.07, 6.45) is 0.106. The van der Waals surface area contributed by atoms with Crippen molar-refractivity contribution in [2.75, 3.05) is 0 Å². The SMILES string of the molecule is CC(C)OP(=S)([S-])OC(C)C.Cc1ccc(=O)n(CS)n1. The minimum atomic E-state index is -2.39. The van der Waals surface area contributed by atoms with Gasteiger partial charge in [-0.25, -0.2) is 4.68 Å². The van der Waals surface area contributed by atoms with Crippen LogP contribution in [0.1, 0.15) is 33.4 Å². The maximum absolute atomic E-state index is 10.9. The van der Waals surface area contributed by atoms with E-state index in [1.807, 2.05) is 34.6 Å². The Hall–Kier alpha value is 0.150. The third-order valence-corrected chi connectivity index (χ3v) is 4.47. The van der Waals surface area contributed by atoms with Gasteiger partial charge in [-0.1, -0.05) is 11.8 Å². The zero-order valence-corrected chi connectivity index (χ0v) is 16.3. The summed E-state index contributed by atoms with van der Waals surface area (Å²) in [5.74, 6) is 0.334. The molecule has 0 radical (unpaired) electrons. The van der Waals surface area contributed by atoms with Gasteiger partial charge in [0.05, 0.1) is 29.5 Å². The second-order valence-corrected chi connectivity index (χ2v) is 9.89. The van der Waals surface area contributed by atoms with Crippen LogP contribution in [0.2, 0.25) is 0 Å². The van der Waals surface area contributed by atoms with E-state index in [4.69, 9.17) is 33.1 Å². The van der Waals surface area contributed by atoms with E-state index in [1.54, 1.807) is 6.07 Å². The molecule has 0 aliphatic heterocycles. The zero-order valence-electron chi connectivity index (χ0n) is 12.8. The van der Waals surface area contributed by atoms with Gasteiger partial charge in [-0.2, -0.15) is 17.7 Å². The van der Waals surface area contributed by atoms with Crippen molar-refractivity contribution in [3.8, 4) is 0 Å². The highest BCUT2D eigenvalue weighted by molar-refractivity contribution is 8.51. The monoisotopic (exact) mass is 369 g/mol. The molecule has 1 heterocycles. The lowest BCUT2D eigenvalue weighted by molar-refractivity contribution is 0.186. The molecule has 0 amide bonds. The Bertz CT molecular complexity index is 521. The van der Waals surface area contributed by atoms with Crippen LogP contribution in [-0.4, -0.2) is 22.0 Å². The third kappa shape index (κ3) is 10.5. The molecule has 0 aliphatic carbocycles. The van der Waals surface area contributed by atoms with Crippen LogP contribution in [0.4, 0.5) is 0 Å². The number of rotatable bonds is 5. The first kappa shape index (κ1) is 21.1. The van der Waals surface area contributed by atoms with E-state index in [9.17, 15) is 4.79 Å². The molecule has 0 spiro atoms. The van der Waals surface area contributed by atoms with E-state index in [2.05, 4.69) is 17.7 Å². The van der Waals surface area contributed by atoms with Crippen molar-refractivity contribution in [2.45, 2.75) is 52.7 Å². The fraction of sp³-hybridized carbons (Fsp3) is 0.667. The van der Waals surface area contributed by atoms with E-state index in [1.165, 1.54) is 10.7 Å². The minimum Gasteiger partial charge on any atom is -0.691 e. The predicted molar refractivity (Wildman–Crippen MR) is 96.3 cm³/mol. The van der Waals surface area contributed by atoms with Crippen molar-refractivity contribution in [2.24, 2.45) is 0 Å². The fourth-order valence-corrected chi connectivity index (χ4v) is 4.54. The molecule has 122 valence electrons. The van der Waals surface area contributed by atoms with Crippen LogP contribution in [-0.2, 0) is 39.0 Å². The molecule has 0 unspecified atom stereocenters. The first-order valence-corrected chi connectivity index (χ1v) is 10.7. The lowest BCUT2D eigenvalue weighted by atomic mass is 10.4.